The predicted octanol–water partition coefficient (Wildman–Crippen LogP) is 3.25. The van der Waals surface area contributed by atoms with Crippen molar-refractivity contribution in [3.05, 3.63) is 42.9 Å². The molecule has 0 radical (unpaired) electrons. The molecule has 0 bridgehead atoms. The number of carbonyl (C=O) groups is 1. The van der Waals surface area contributed by atoms with Gasteiger partial charge in [0, 0.05) is 31.4 Å². The zero-order valence-electron chi connectivity index (χ0n) is 16.0. The Morgan fingerprint density at radius 3 is 2.96 bits per heavy atom. The number of fused-ring (bicyclic) bond motifs is 1. The topological polar surface area (TPSA) is 83.1 Å². The Kier molecular flexibility index (Phi) is 5.41. The van der Waals surface area contributed by atoms with Crippen LogP contribution in [0.3, 0.4) is 0 Å². The summed E-state index contributed by atoms with van der Waals surface area (Å²) in [4.78, 5) is 26.7. The Bertz CT molecular complexity index is 937. The lowest BCUT2D eigenvalue weighted by atomic mass is 9.92. The van der Waals surface area contributed by atoms with Crippen LogP contribution < -0.4 is 15.0 Å². The molecule has 7 nitrogen and oxygen atoms in total. The molecule has 3 heterocycles. The highest BCUT2D eigenvalue weighted by Crippen LogP contribution is 2.28. The zero-order valence-corrected chi connectivity index (χ0v) is 16.0. The van der Waals surface area contributed by atoms with Gasteiger partial charge in [-0.2, -0.15) is 0 Å². The largest absolute Gasteiger partial charge is 0.497 e. The number of piperidine rings is 1. The van der Waals surface area contributed by atoms with Crippen LogP contribution in [0.2, 0.25) is 0 Å². The molecule has 28 heavy (non-hydrogen) atoms. The first-order valence-corrected chi connectivity index (χ1v) is 9.65. The summed E-state index contributed by atoms with van der Waals surface area (Å²) in [5.74, 6) is 2.35. The summed E-state index contributed by atoms with van der Waals surface area (Å²) < 4.78 is 5.15. The SMILES string of the molecule is COc1ccc(NCC(=O)CC2CCCN(c3ncnc4[nH]ccc34)C2)cc1. The van der Waals surface area contributed by atoms with Gasteiger partial charge in [0.1, 0.15) is 23.5 Å². The van der Waals surface area contributed by atoms with E-state index in [4.69, 9.17) is 4.74 Å². The third kappa shape index (κ3) is 4.08. The summed E-state index contributed by atoms with van der Waals surface area (Å²) in [6.45, 7) is 2.16. The minimum Gasteiger partial charge on any atom is -0.497 e. The minimum absolute atomic E-state index is 0.233. The highest BCUT2D eigenvalue weighted by molar-refractivity contribution is 5.87. The number of hydrogen-bond acceptors (Lipinski definition) is 6. The fraction of sp³-hybridized carbons (Fsp3) is 0.381. The average Bonchev–Trinajstić information content (AvgIpc) is 3.22. The summed E-state index contributed by atoms with van der Waals surface area (Å²) in [6, 6.07) is 9.63. The van der Waals surface area contributed by atoms with Crippen molar-refractivity contribution in [2.45, 2.75) is 19.3 Å². The molecule has 1 aliphatic rings. The molecule has 2 aromatic heterocycles. The van der Waals surface area contributed by atoms with E-state index in [1.54, 1.807) is 13.4 Å². The van der Waals surface area contributed by atoms with E-state index in [2.05, 4.69) is 25.2 Å². The number of ketones is 1. The first-order valence-electron chi connectivity index (χ1n) is 9.65. The molecule has 1 fully saturated rings. The van der Waals surface area contributed by atoms with Gasteiger partial charge in [0.25, 0.3) is 0 Å². The summed E-state index contributed by atoms with van der Waals surface area (Å²) in [7, 11) is 1.64. The third-order valence-electron chi connectivity index (χ3n) is 5.25. The Labute approximate surface area is 164 Å². The summed E-state index contributed by atoms with van der Waals surface area (Å²) in [6.07, 6.45) is 6.22. The van der Waals surface area contributed by atoms with Crippen molar-refractivity contribution in [3.63, 3.8) is 0 Å². The van der Waals surface area contributed by atoms with Crippen molar-refractivity contribution in [3.8, 4) is 5.75 Å². The third-order valence-corrected chi connectivity index (χ3v) is 5.25. The second kappa shape index (κ2) is 8.29. The molecule has 0 saturated carbocycles. The van der Waals surface area contributed by atoms with E-state index < -0.39 is 0 Å². The molecular formula is C21H25N5O2. The maximum Gasteiger partial charge on any atom is 0.152 e. The van der Waals surface area contributed by atoms with Gasteiger partial charge in [0.15, 0.2) is 5.78 Å². The monoisotopic (exact) mass is 379 g/mol. The van der Waals surface area contributed by atoms with Crippen LogP contribution in [0.25, 0.3) is 11.0 Å². The van der Waals surface area contributed by atoms with E-state index in [0.717, 1.165) is 54.2 Å². The van der Waals surface area contributed by atoms with Crippen LogP contribution >= 0.6 is 0 Å². The highest BCUT2D eigenvalue weighted by Gasteiger charge is 2.24. The molecule has 0 spiro atoms. The van der Waals surface area contributed by atoms with Crippen LogP contribution in [0.4, 0.5) is 11.5 Å². The van der Waals surface area contributed by atoms with Crippen LogP contribution in [0.15, 0.2) is 42.9 Å². The van der Waals surface area contributed by atoms with Crippen molar-refractivity contribution in [2.24, 2.45) is 5.92 Å². The number of methoxy groups -OCH3 is 1. The lowest BCUT2D eigenvalue weighted by molar-refractivity contribution is -0.118. The second-order valence-electron chi connectivity index (χ2n) is 7.22. The number of Topliss-reactive ketones (excluding diaryl/α,β-unsaturated/α-hetero) is 1. The van der Waals surface area contributed by atoms with E-state index in [-0.39, 0.29) is 5.78 Å². The standard InChI is InChI=1S/C21H25N5O2/c1-28-18-6-4-16(5-7-18)23-12-17(27)11-15-3-2-10-26(13-15)21-19-8-9-22-20(19)24-14-25-21/h4-9,14-15,23H,2-3,10-13H2,1H3,(H,22,24,25). The van der Waals surface area contributed by atoms with Gasteiger partial charge in [-0.15, -0.1) is 0 Å². The first kappa shape index (κ1) is 18.3. The highest BCUT2D eigenvalue weighted by atomic mass is 16.5. The number of ether oxygens (including phenoxy) is 1. The van der Waals surface area contributed by atoms with Gasteiger partial charge in [0.2, 0.25) is 0 Å². The molecule has 0 aliphatic carbocycles. The lowest BCUT2D eigenvalue weighted by Gasteiger charge is -2.33. The van der Waals surface area contributed by atoms with Gasteiger partial charge >= 0.3 is 0 Å². The number of aromatic amines is 1. The van der Waals surface area contributed by atoms with Crippen LogP contribution in [0.5, 0.6) is 5.75 Å². The van der Waals surface area contributed by atoms with E-state index in [1.807, 2.05) is 36.5 Å². The molecule has 1 saturated heterocycles. The van der Waals surface area contributed by atoms with E-state index in [1.165, 1.54) is 0 Å². The van der Waals surface area contributed by atoms with Crippen LogP contribution in [0.1, 0.15) is 19.3 Å². The molecule has 7 heteroatoms. The molecule has 1 unspecified atom stereocenters. The Morgan fingerprint density at radius 1 is 1.29 bits per heavy atom. The number of rotatable bonds is 7. The first-order chi connectivity index (χ1) is 13.7. The fourth-order valence-electron chi connectivity index (χ4n) is 3.84. The molecule has 3 aromatic rings. The number of H-pyrrole nitrogens is 1. The number of nitrogens with zero attached hydrogens (tertiary/aromatic N) is 3. The molecule has 1 atom stereocenters. The number of benzene rings is 1. The predicted molar refractivity (Wildman–Crippen MR) is 110 cm³/mol. The van der Waals surface area contributed by atoms with Crippen molar-refractivity contribution >= 4 is 28.3 Å². The summed E-state index contributed by atoms with van der Waals surface area (Å²) in [5.41, 5.74) is 1.78. The minimum atomic E-state index is 0.233. The van der Waals surface area contributed by atoms with Crippen LogP contribution in [-0.4, -0.2) is 47.5 Å². The maximum atomic E-state index is 12.5. The lowest BCUT2D eigenvalue weighted by Crippen LogP contribution is -2.37. The number of hydrogen-bond donors (Lipinski definition) is 2. The quantitative estimate of drug-likeness (QED) is 0.656. The van der Waals surface area contributed by atoms with E-state index in [0.29, 0.717) is 18.9 Å². The smallest absolute Gasteiger partial charge is 0.152 e. The Morgan fingerprint density at radius 2 is 2.14 bits per heavy atom. The average molecular weight is 379 g/mol. The molecule has 4 rings (SSSR count). The molecule has 1 aliphatic heterocycles. The van der Waals surface area contributed by atoms with Crippen LogP contribution in [-0.2, 0) is 4.79 Å². The number of nitrogens with one attached hydrogen (secondary N) is 2. The number of anilines is 2. The zero-order chi connectivity index (χ0) is 19.3. The van der Waals surface area contributed by atoms with Crippen LogP contribution in [0, 0.1) is 5.92 Å². The molecule has 146 valence electrons. The van der Waals surface area contributed by atoms with Gasteiger partial charge in [0.05, 0.1) is 19.0 Å². The maximum absolute atomic E-state index is 12.5. The summed E-state index contributed by atoms with van der Waals surface area (Å²) in [5, 5.41) is 4.24. The van der Waals surface area contributed by atoms with Gasteiger partial charge in [-0.25, -0.2) is 9.97 Å². The van der Waals surface area contributed by atoms with E-state index in [9.17, 15) is 4.79 Å². The number of aromatic nitrogens is 3. The second-order valence-corrected chi connectivity index (χ2v) is 7.22. The van der Waals surface area contributed by atoms with Gasteiger partial charge in [-0.1, -0.05) is 0 Å². The Balaban J connectivity index is 1.33. The fourth-order valence-corrected chi connectivity index (χ4v) is 3.84. The van der Waals surface area contributed by atoms with Crippen molar-refractivity contribution < 1.29 is 9.53 Å². The van der Waals surface area contributed by atoms with Crippen molar-refractivity contribution in [1.82, 2.24) is 15.0 Å². The van der Waals surface area contributed by atoms with Crippen molar-refractivity contribution in [2.75, 3.05) is 37.0 Å². The summed E-state index contributed by atoms with van der Waals surface area (Å²) >= 11 is 0. The normalized spacial score (nSPS) is 16.9. The van der Waals surface area contributed by atoms with Gasteiger partial charge in [-0.3, -0.25) is 4.79 Å². The Hall–Kier alpha value is -3.09. The van der Waals surface area contributed by atoms with Crippen molar-refractivity contribution in [1.29, 1.82) is 0 Å². The molecular weight excluding hydrogens is 354 g/mol. The molecule has 0 amide bonds. The van der Waals surface area contributed by atoms with E-state index >= 15 is 0 Å². The van der Waals surface area contributed by atoms with Gasteiger partial charge < -0.3 is 19.9 Å². The molecule has 1 aromatic carbocycles. The van der Waals surface area contributed by atoms with Gasteiger partial charge in [-0.05, 0) is 49.1 Å². The molecule has 2 N–H and O–H groups in total. The number of carbonyl (C=O) groups excluding carboxylic acids is 1.